The van der Waals surface area contributed by atoms with Crippen LogP contribution in [-0.4, -0.2) is 63.0 Å². The molecule has 0 radical (unpaired) electrons. The third-order valence-electron chi connectivity index (χ3n) is 5.52. The quantitative estimate of drug-likeness (QED) is 0.863. The van der Waals surface area contributed by atoms with E-state index >= 15 is 0 Å². The predicted molar refractivity (Wildman–Crippen MR) is 92.4 cm³/mol. The summed E-state index contributed by atoms with van der Waals surface area (Å²) < 4.78 is 5.64. The van der Waals surface area contributed by atoms with E-state index in [9.17, 15) is 9.90 Å². The fourth-order valence-electron chi connectivity index (χ4n) is 4.27. The van der Waals surface area contributed by atoms with Crippen LogP contribution in [0.5, 0.6) is 0 Å². The Morgan fingerprint density at radius 1 is 1.40 bits per heavy atom. The van der Waals surface area contributed by atoms with E-state index in [2.05, 4.69) is 15.2 Å². The number of aromatic amines is 1. The number of ether oxygens (including phenoxy) is 1. The third kappa shape index (κ3) is 2.81. The summed E-state index contributed by atoms with van der Waals surface area (Å²) in [7, 11) is 0. The lowest BCUT2D eigenvalue weighted by Crippen LogP contribution is -2.53. The smallest absolute Gasteiger partial charge is 0.255 e. The molecule has 3 atom stereocenters. The van der Waals surface area contributed by atoms with Crippen molar-refractivity contribution in [2.24, 2.45) is 5.92 Å². The molecular weight excluding hydrogens is 320 g/mol. The molecule has 1 saturated heterocycles. The molecular formula is C18H24N4O3. The van der Waals surface area contributed by atoms with E-state index in [-0.39, 0.29) is 24.0 Å². The van der Waals surface area contributed by atoms with Crippen LogP contribution in [0, 0.1) is 19.8 Å². The largest absolute Gasteiger partial charge is 0.393 e. The van der Waals surface area contributed by atoms with Gasteiger partial charge in [-0.15, -0.1) is 0 Å². The number of nitrogens with one attached hydrogen (secondary N) is 1. The molecule has 1 aliphatic carbocycles. The first-order chi connectivity index (χ1) is 12.1. The number of fused-ring (bicyclic) bond motifs is 1. The molecule has 2 aromatic heterocycles. The van der Waals surface area contributed by atoms with Gasteiger partial charge in [-0.05, 0) is 32.8 Å². The molecule has 3 heterocycles. The number of H-pyrrole nitrogens is 1. The fraction of sp³-hybridized carbons (Fsp3) is 0.611. The van der Waals surface area contributed by atoms with Crippen LogP contribution in [0.2, 0.25) is 0 Å². The van der Waals surface area contributed by atoms with E-state index in [4.69, 9.17) is 4.74 Å². The maximum absolute atomic E-state index is 13.4. The molecule has 4 rings (SSSR count). The molecule has 7 nitrogen and oxygen atoms in total. The van der Waals surface area contributed by atoms with Gasteiger partial charge in [0.15, 0.2) is 5.65 Å². The van der Waals surface area contributed by atoms with Crippen molar-refractivity contribution in [2.75, 3.05) is 19.8 Å². The highest BCUT2D eigenvalue weighted by atomic mass is 16.5. The van der Waals surface area contributed by atoms with Gasteiger partial charge >= 0.3 is 0 Å². The molecule has 3 unspecified atom stereocenters. The molecule has 2 N–H and O–H groups in total. The lowest BCUT2D eigenvalue weighted by molar-refractivity contribution is -0.0382. The molecule has 134 valence electrons. The first-order valence-electron chi connectivity index (χ1n) is 8.95. The van der Waals surface area contributed by atoms with E-state index in [0.717, 1.165) is 36.0 Å². The maximum atomic E-state index is 13.4. The van der Waals surface area contributed by atoms with Crippen molar-refractivity contribution in [3.63, 3.8) is 0 Å². The van der Waals surface area contributed by atoms with Crippen molar-refractivity contribution < 1.29 is 14.6 Å². The van der Waals surface area contributed by atoms with Crippen LogP contribution in [0.15, 0.2) is 6.07 Å². The van der Waals surface area contributed by atoms with Crippen molar-refractivity contribution in [1.82, 2.24) is 20.1 Å². The first kappa shape index (κ1) is 16.5. The van der Waals surface area contributed by atoms with Gasteiger partial charge in [0.25, 0.3) is 5.91 Å². The van der Waals surface area contributed by atoms with Gasteiger partial charge in [-0.25, -0.2) is 4.98 Å². The number of carbonyl (C=O) groups is 1. The molecule has 25 heavy (non-hydrogen) atoms. The Bertz CT molecular complexity index is 803. The number of carbonyl (C=O) groups excluding carboxylic acids is 1. The van der Waals surface area contributed by atoms with Crippen molar-refractivity contribution in [2.45, 2.75) is 45.3 Å². The molecule has 0 aromatic carbocycles. The standard InChI is InChI=1S/C18H24N4O3/c1-10-8-13(16-11(2)20-21-17(16)19-10)18(24)22-6-7-25-9-14(22)12-4-3-5-15(12)23/h8,12,14-15,23H,3-7,9H2,1-2H3,(H,19,20,21). The average molecular weight is 344 g/mol. The predicted octanol–water partition coefficient (Wildman–Crippen LogP) is 1.58. The second kappa shape index (κ2) is 6.38. The van der Waals surface area contributed by atoms with E-state index in [1.165, 1.54) is 0 Å². The van der Waals surface area contributed by atoms with Crippen LogP contribution in [0.4, 0.5) is 0 Å². The third-order valence-corrected chi connectivity index (χ3v) is 5.52. The summed E-state index contributed by atoms with van der Waals surface area (Å²) in [6.45, 7) is 5.35. The fourth-order valence-corrected chi connectivity index (χ4v) is 4.27. The monoisotopic (exact) mass is 344 g/mol. The van der Waals surface area contributed by atoms with Crippen LogP contribution < -0.4 is 0 Å². The van der Waals surface area contributed by atoms with Crippen molar-refractivity contribution in [3.8, 4) is 0 Å². The minimum absolute atomic E-state index is 0.0209. The average Bonchev–Trinajstić information content (AvgIpc) is 3.19. The number of amides is 1. The lowest BCUT2D eigenvalue weighted by Gasteiger charge is -2.40. The highest BCUT2D eigenvalue weighted by Gasteiger charge is 2.40. The highest BCUT2D eigenvalue weighted by molar-refractivity contribution is 6.06. The Balaban J connectivity index is 1.72. The van der Waals surface area contributed by atoms with E-state index in [1.54, 1.807) is 0 Å². The second-order valence-electron chi connectivity index (χ2n) is 7.16. The summed E-state index contributed by atoms with van der Waals surface area (Å²) in [5.41, 5.74) is 2.82. The number of morpholine rings is 1. The Labute approximate surface area is 146 Å². The molecule has 1 aliphatic heterocycles. The molecule has 1 saturated carbocycles. The summed E-state index contributed by atoms with van der Waals surface area (Å²) in [6.07, 6.45) is 2.40. The molecule has 2 aliphatic rings. The number of hydrogen-bond acceptors (Lipinski definition) is 5. The van der Waals surface area contributed by atoms with Gasteiger partial charge in [0.05, 0.1) is 36.3 Å². The minimum atomic E-state index is -0.350. The Kier molecular flexibility index (Phi) is 4.21. The number of aryl methyl sites for hydroxylation is 2. The van der Waals surface area contributed by atoms with Crippen LogP contribution in [-0.2, 0) is 4.74 Å². The molecule has 7 heteroatoms. The van der Waals surface area contributed by atoms with Crippen molar-refractivity contribution in [1.29, 1.82) is 0 Å². The number of aliphatic hydroxyl groups excluding tert-OH is 1. The summed E-state index contributed by atoms with van der Waals surface area (Å²) >= 11 is 0. The van der Waals surface area contributed by atoms with Gasteiger partial charge in [0.1, 0.15) is 0 Å². The topological polar surface area (TPSA) is 91.3 Å². The highest BCUT2D eigenvalue weighted by Crippen LogP contribution is 2.33. The number of aliphatic hydroxyl groups is 1. The normalized spacial score (nSPS) is 27.2. The van der Waals surface area contributed by atoms with E-state index in [0.29, 0.717) is 31.0 Å². The summed E-state index contributed by atoms with van der Waals surface area (Å²) in [5, 5.41) is 18.2. The lowest BCUT2D eigenvalue weighted by atomic mass is 9.93. The SMILES string of the molecule is Cc1cc(C(=O)N2CCOCC2C2CCCC2O)c2c(C)[nH]nc2n1. The molecule has 2 fully saturated rings. The van der Waals surface area contributed by atoms with Gasteiger partial charge in [-0.2, -0.15) is 5.10 Å². The maximum Gasteiger partial charge on any atom is 0.255 e. The summed E-state index contributed by atoms with van der Waals surface area (Å²) in [6, 6.07) is 1.76. The number of nitrogens with zero attached hydrogens (tertiary/aromatic N) is 3. The van der Waals surface area contributed by atoms with Crippen molar-refractivity contribution >= 4 is 16.9 Å². The minimum Gasteiger partial charge on any atom is -0.393 e. The molecule has 0 spiro atoms. The number of rotatable bonds is 2. The summed E-state index contributed by atoms with van der Waals surface area (Å²) in [4.78, 5) is 19.7. The van der Waals surface area contributed by atoms with Crippen LogP contribution >= 0.6 is 0 Å². The van der Waals surface area contributed by atoms with Crippen LogP contribution in [0.25, 0.3) is 11.0 Å². The van der Waals surface area contributed by atoms with Gasteiger partial charge < -0.3 is 14.7 Å². The number of pyridine rings is 1. The Morgan fingerprint density at radius 2 is 2.24 bits per heavy atom. The van der Waals surface area contributed by atoms with Crippen molar-refractivity contribution in [3.05, 3.63) is 23.0 Å². The van der Waals surface area contributed by atoms with Gasteiger partial charge in [-0.3, -0.25) is 9.89 Å². The van der Waals surface area contributed by atoms with E-state index in [1.807, 2.05) is 24.8 Å². The first-order valence-corrected chi connectivity index (χ1v) is 8.95. The zero-order valence-electron chi connectivity index (χ0n) is 14.7. The molecule has 0 bridgehead atoms. The zero-order chi connectivity index (χ0) is 17.6. The van der Waals surface area contributed by atoms with Gasteiger partial charge in [0, 0.05) is 23.9 Å². The Morgan fingerprint density at radius 3 is 3.00 bits per heavy atom. The molecule has 2 aromatic rings. The second-order valence-corrected chi connectivity index (χ2v) is 7.16. The molecule has 1 amide bonds. The van der Waals surface area contributed by atoms with Gasteiger partial charge in [-0.1, -0.05) is 6.42 Å². The van der Waals surface area contributed by atoms with Gasteiger partial charge in [0.2, 0.25) is 0 Å². The van der Waals surface area contributed by atoms with Crippen LogP contribution in [0.1, 0.15) is 41.0 Å². The Hall–Kier alpha value is -1.99. The van der Waals surface area contributed by atoms with Crippen LogP contribution in [0.3, 0.4) is 0 Å². The summed E-state index contributed by atoms with van der Waals surface area (Å²) in [5.74, 6) is 0.0699. The number of hydrogen-bond donors (Lipinski definition) is 2. The zero-order valence-corrected chi connectivity index (χ0v) is 14.7. The number of aromatic nitrogens is 3. The van der Waals surface area contributed by atoms with E-state index < -0.39 is 0 Å².